The van der Waals surface area contributed by atoms with Crippen molar-refractivity contribution in [3.63, 3.8) is 0 Å². The minimum atomic E-state index is -0.310. The molecule has 0 unspecified atom stereocenters. The van der Waals surface area contributed by atoms with Gasteiger partial charge in [-0.2, -0.15) is 5.10 Å². The molecule has 1 aromatic heterocycles. The van der Waals surface area contributed by atoms with Crippen LogP contribution in [0.3, 0.4) is 0 Å². The fraction of sp³-hybridized carbons (Fsp3) is 0.375. The van der Waals surface area contributed by atoms with Crippen LogP contribution in [-0.2, 0) is 0 Å². The summed E-state index contributed by atoms with van der Waals surface area (Å²) in [6.07, 6.45) is 2.43. The van der Waals surface area contributed by atoms with Crippen molar-refractivity contribution < 1.29 is 9.53 Å². The van der Waals surface area contributed by atoms with E-state index in [0.29, 0.717) is 16.6 Å². The molecule has 1 amide bonds. The molecular weight excluding hydrogens is 316 g/mol. The van der Waals surface area contributed by atoms with Gasteiger partial charge in [0, 0.05) is 24.7 Å². The summed E-state index contributed by atoms with van der Waals surface area (Å²) in [6.45, 7) is 1.75. The van der Waals surface area contributed by atoms with Crippen LogP contribution in [0.1, 0.15) is 34.9 Å². The highest BCUT2D eigenvalue weighted by atomic mass is 35.5. The number of hydrogen-bond acceptors (Lipinski definition) is 4. The molecule has 1 aliphatic carbocycles. The van der Waals surface area contributed by atoms with E-state index < -0.39 is 0 Å². The summed E-state index contributed by atoms with van der Waals surface area (Å²) in [7, 11) is 0. The maximum absolute atomic E-state index is 12.3. The van der Waals surface area contributed by atoms with E-state index in [4.69, 9.17) is 16.3 Å². The number of benzene rings is 1. The van der Waals surface area contributed by atoms with Crippen molar-refractivity contribution in [2.75, 3.05) is 18.4 Å². The predicted octanol–water partition coefficient (Wildman–Crippen LogP) is 2.54. The number of carbonyl (C=O) groups excluding carboxylic acids is 1. The van der Waals surface area contributed by atoms with Gasteiger partial charge in [0.05, 0.1) is 10.7 Å². The monoisotopic (exact) mass is 332 g/mol. The molecule has 1 saturated carbocycles. The smallest absolute Gasteiger partial charge is 0.277 e. The van der Waals surface area contributed by atoms with Crippen LogP contribution >= 0.6 is 11.6 Å². The van der Waals surface area contributed by atoms with Crippen LogP contribution in [0.5, 0.6) is 5.75 Å². The predicted molar refractivity (Wildman–Crippen MR) is 87.3 cm³/mol. The van der Waals surface area contributed by atoms with Crippen molar-refractivity contribution in [3.8, 4) is 5.75 Å². The van der Waals surface area contributed by atoms with Gasteiger partial charge in [-0.3, -0.25) is 9.89 Å². The van der Waals surface area contributed by atoms with Gasteiger partial charge in [-0.05, 0) is 37.1 Å². The van der Waals surface area contributed by atoms with Crippen LogP contribution in [0.4, 0.5) is 5.69 Å². The van der Waals surface area contributed by atoms with Crippen LogP contribution in [-0.4, -0.2) is 35.3 Å². The van der Waals surface area contributed by atoms with Gasteiger partial charge in [0.25, 0.3) is 5.91 Å². The Morgan fingerprint density at radius 1 is 1.26 bits per heavy atom. The average Bonchev–Trinajstić information content (AvgIpc) is 3.27. The van der Waals surface area contributed by atoms with Crippen LogP contribution in [0.15, 0.2) is 24.3 Å². The summed E-state index contributed by atoms with van der Waals surface area (Å²) in [4.78, 5) is 12.3. The number of anilines is 1. The van der Waals surface area contributed by atoms with Crippen molar-refractivity contribution in [1.29, 1.82) is 0 Å². The Hall–Kier alpha value is -2.05. The molecule has 3 N–H and O–H groups in total. The SMILES string of the molecule is O=C(Nc1ccc(OC2CNC2)cc1)c1n[nH]c(C2CC2)c1Cl. The fourth-order valence-corrected chi connectivity index (χ4v) is 2.80. The van der Waals surface area contributed by atoms with E-state index in [-0.39, 0.29) is 17.7 Å². The summed E-state index contributed by atoms with van der Waals surface area (Å²) in [5.74, 6) is 0.910. The summed E-state index contributed by atoms with van der Waals surface area (Å²) in [6, 6.07) is 7.30. The second-order valence-corrected chi connectivity index (χ2v) is 6.33. The van der Waals surface area contributed by atoms with Gasteiger partial charge < -0.3 is 15.4 Å². The highest BCUT2D eigenvalue weighted by molar-refractivity contribution is 6.34. The number of carbonyl (C=O) groups is 1. The Labute approximate surface area is 138 Å². The van der Waals surface area contributed by atoms with Crippen molar-refractivity contribution >= 4 is 23.2 Å². The molecule has 4 rings (SSSR count). The molecule has 1 saturated heterocycles. The van der Waals surface area contributed by atoms with Gasteiger partial charge in [-0.25, -0.2) is 0 Å². The Morgan fingerprint density at radius 2 is 2.00 bits per heavy atom. The number of amides is 1. The molecule has 0 bridgehead atoms. The number of rotatable bonds is 5. The largest absolute Gasteiger partial charge is 0.488 e. The average molecular weight is 333 g/mol. The van der Waals surface area contributed by atoms with Crippen molar-refractivity contribution in [2.24, 2.45) is 0 Å². The van der Waals surface area contributed by atoms with Gasteiger partial charge in [0.1, 0.15) is 11.9 Å². The van der Waals surface area contributed by atoms with Gasteiger partial charge in [0.15, 0.2) is 5.69 Å². The number of nitrogens with zero attached hydrogens (tertiary/aromatic N) is 1. The van der Waals surface area contributed by atoms with E-state index in [1.807, 2.05) is 24.3 Å². The highest BCUT2D eigenvalue weighted by Gasteiger charge is 2.30. The number of hydrogen-bond donors (Lipinski definition) is 3. The first-order chi connectivity index (χ1) is 11.2. The molecule has 1 aromatic carbocycles. The molecule has 0 atom stereocenters. The molecule has 1 aliphatic heterocycles. The first-order valence-electron chi connectivity index (χ1n) is 7.73. The number of halogens is 1. The number of ether oxygens (including phenoxy) is 1. The third-order valence-electron chi connectivity index (χ3n) is 4.09. The molecule has 0 spiro atoms. The standard InChI is InChI=1S/C16H17ClN4O2/c17-13-14(9-1-2-9)20-21-15(13)16(22)19-10-3-5-11(6-4-10)23-12-7-18-8-12/h3-6,9,12,18H,1-2,7-8H2,(H,19,22)(H,20,21). The summed E-state index contributed by atoms with van der Waals surface area (Å²) >= 11 is 6.24. The van der Waals surface area contributed by atoms with Crippen LogP contribution < -0.4 is 15.4 Å². The number of H-pyrrole nitrogens is 1. The van der Waals surface area contributed by atoms with E-state index in [1.54, 1.807) is 0 Å². The molecule has 2 aromatic rings. The van der Waals surface area contributed by atoms with Crippen LogP contribution in [0.2, 0.25) is 5.02 Å². The first-order valence-corrected chi connectivity index (χ1v) is 8.11. The lowest BCUT2D eigenvalue weighted by atomic mass is 10.2. The molecule has 0 radical (unpaired) electrons. The first kappa shape index (κ1) is 14.5. The number of aromatic nitrogens is 2. The molecule has 120 valence electrons. The summed E-state index contributed by atoms with van der Waals surface area (Å²) in [5, 5.41) is 13.3. The van der Waals surface area contributed by atoms with Crippen molar-refractivity contribution in [2.45, 2.75) is 24.9 Å². The number of nitrogens with one attached hydrogen (secondary N) is 3. The van der Waals surface area contributed by atoms with E-state index in [2.05, 4.69) is 20.8 Å². The Bertz CT molecular complexity index is 720. The van der Waals surface area contributed by atoms with E-state index >= 15 is 0 Å². The van der Waals surface area contributed by atoms with E-state index in [0.717, 1.165) is 37.4 Å². The fourth-order valence-electron chi connectivity index (χ4n) is 2.48. The number of aromatic amines is 1. The van der Waals surface area contributed by atoms with Crippen LogP contribution in [0, 0.1) is 0 Å². The van der Waals surface area contributed by atoms with Crippen molar-refractivity contribution in [1.82, 2.24) is 15.5 Å². The molecule has 7 heteroatoms. The topological polar surface area (TPSA) is 79.0 Å². The van der Waals surface area contributed by atoms with Crippen molar-refractivity contribution in [3.05, 3.63) is 40.7 Å². The second-order valence-electron chi connectivity index (χ2n) is 5.95. The lowest BCUT2D eigenvalue weighted by molar-refractivity contribution is 0.102. The molecule has 2 aliphatic rings. The second kappa shape index (κ2) is 5.86. The molecule has 23 heavy (non-hydrogen) atoms. The Morgan fingerprint density at radius 3 is 2.61 bits per heavy atom. The molecule has 2 fully saturated rings. The third kappa shape index (κ3) is 3.04. The quantitative estimate of drug-likeness (QED) is 0.786. The molecule has 2 heterocycles. The minimum absolute atomic E-state index is 0.235. The summed E-state index contributed by atoms with van der Waals surface area (Å²) in [5.41, 5.74) is 1.80. The third-order valence-corrected chi connectivity index (χ3v) is 4.47. The van der Waals surface area contributed by atoms with Crippen LogP contribution in [0.25, 0.3) is 0 Å². The molecular formula is C16H17ClN4O2. The van der Waals surface area contributed by atoms with Gasteiger partial charge in [0.2, 0.25) is 0 Å². The van der Waals surface area contributed by atoms with Gasteiger partial charge in [-0.1, -0.05) is 11.6 Å². The zero-order chi connectivity index (χ0) is 15.8. The Kier molecular flexibility index (Phi) is 3.71. The Balaban J connectivity index is 1.41. The van der Waals surface area contributed by atoms with Gasteiger partial charge >= 0.3 is 0 Å². The lowest BCUT2D eigenvalue weighted by Crippen LogP contribution is -2.50. The van der Waals surface area contributed by atoms with E-state index in [1.165, 1.54) is 0 Å². The maximum Gasteiger partial charge on any atom is 0.277 e. The lowest BCUT2D eigenvalue weighted by Gasteiger charge is -2.27. The zero-order valence-electron chi connectivity index (χ0n) is 12.4. The zero-order valence-corrected chi connectivity index (χ0v) is 13.2. The van der Waals surface area contributed by atoms with Gasteiger partial charge in [-0.15, -0.1) is 0 Å². The summed E-state index contributed by atoms with van der Waals surface area (Å²) < 4.78 is 5.74. The minimum Gasteiger partial charge on any atom is -0.488 e. The molecule has 6 nitrogen and oxygen atoms in total. The van der Waals surface area contributed by atoms with E-state index in [9.17, 15) is 4.79 Å². The normalized spacial score (nSPS) is 17.6. The highest BCUT2D eigenvalue weighted by Crippen LogP contribution is 2.42. The maximum atomic E-state index is 12.3.